The molecule has 1 saturated heterocycles. The van der Waals surface area contributed by atoms with E-state index in [0.29, 0.717) is 17.4 Å². The van der Waals surface area contributed by atoms with Gasteiger partial charge in [-0.25, -0.2) is 4.98 Å². The van der Waals surface area contributed by atoms with Gasteiger partial charge in [-0.3, -0.25) is 0 Å². The number of anilines is 1. The molecule has 7 heteroatoms. The van der Waals surface area contributed by atoms with Gasteiger partial charge < -0.3 is 20.4 Å². The van der Waals surface area contributed by atoms with Crippen molar-refractivity contribution in [3.63, 3.8) is 0 Å². The number of nitrogens with one attached hydrogen (secondary N) is 1. The number of ether oxygens (including phenoxy) is 1. The Morgan fingerprint density at radius 3 is 3.11 bits per heavy atom. The fourth-order valence-corrected chi connectivity index (χ4v) is 2.39. The van der Waals surface area contributed by atoms with Crippen LogP contribution in [0, 0.1) is 0 Å². The quantitative estimate of drug-likeness (QED) is 0.796. The third-order valence-electron chi connectivity index (χ3n) is 3.26. The van der Waals surface area contributed by atoms with Crippen LogP contribution in [-0.2, 0) is 0 Å². The molecule has 0 bridgehead atoms. The molecule has 0 aromatic carbocycles. The number of imidazole rings is 1. The van der Waals surface area contributed by atoms with Crippen molar-refractivity contribution < 1.29 is 4.74 Å². The van der Waals surface area contributed by atoms with Crippen LogP contribution < -0.4 is 15.8 Å². The number of fused-ring (bicyclic) bond motifs is 1. The van der Waals surface area contributed by atoms with Crippen LogP contribution in [0.1, 0.15) is 18.9 Å². The van der Waals surface area contributed by atoms with Gasteiger partial charge in [-0.15, -0.1) is 0 Å². The maximum absolute atomic E-state index is 5.70. The Labute approximate surface area is 104 Å². The Bertz CT molecular complexity index is 560. The fraction of sp³-hybridized carbons (Fsp3) is 0.545. The molecule has 1 atom stereocenters. The summed E-state index contributed by atoms with van der Waals surface area (Å²) in [5.41, 5.74) is 7.11. The van der Waals surface area contributed by atoms with Crippen LogP contribution in [0.25, 0.3) is 11.2 Å². The predicted octanol–water partition coefficient (Wildman–Crippen LogP) is 0.342. The normalized spacial score (nSPS) is 20.2. The van der Waals surface area contributed by atoms with Gasteiger partial charge in [0.25, 0.3) is 0 Å². The lowest BCUT2D eigenvalue weighted by Crippen LogP contribution is -2.31. The van der Waals surface area contributed by atoms with E-state index in [-0.39, 0.29) is 5.95 Å². The SMILES string of the molecule is COc1nc(N)nc2c1ncn2[C@@H]1CCCNC1. The lowest BCUT2D eigenvalue weighted by Gasteiger charge is -2.24. The van der Waals surface area contributed by atoms with Crippen molar-refractivity contribution in [3.05, 3.63) is 6.33 Å². The number of nitrogens with two attached hydrogens (primary N) is 1. The van der Waals surface area contributed by atoms with E-state index in [1.807, 2.05) is 0 Å². The summed E-state index contributed by atoms with van der Waals surface area (Å²) in [6, 6.07) is 0.364. The largest absolute Gasteiger partial charge is 0.479 e. The number of nitrogens with zero attached hydrogens (tertiary/aromatic N) is 4. The molecule has 2 aromatic rings. The molecule has 1 aliphatic rings. The van der Waals surface area contributed by atoms with Crippen LogP contribution in [0.3, 0.4) is 0 Å². The number of aromatic nitrogens is 4. The van der Waals surface area contributed by atoms with E-state index >= 15 is 0 Å². The van der Waals surface area contributed by atoms with Crippen molar-refractivity contribution in [2.45, 2.75) is 18.9 Å². The second-order valence-corrected chi connectivity index (χ2v) is 4.42. The first-order valence-corrected chi connectivity index (χ1v) is 6.04. The van der Waals surface area contributed by atoms with Gasteiger partial charge in [0.05, 0.1) is 13.4 Å². The van der Waals surface area contributed by atoms with Crippen LogP contribution in [-0.4, -0.2) is 39.7 Å². The Kier molecular flexibility index (Phi) is 2.75. The van der Waals surface area contributed by atoms with Crippen LogP contribution in [0.15, 0.2) is 6.33 Å². The van der Waals surface area contributed by atoms with Gasteiger partial charge in [-0.05, 0) is 19.4 Å². The summed E-state index contributed by atoms with van der Waals surface area (Å²) in [6.45, 7) is 2.00. The van der Waals surface area contributed by atoms with Gasteiger partial charge in [0.1, 0.15) is 0 Å². The van der Waals surface area contributed by atoms with Crippen molar-refractivity contribution in [1.29, 1.82) is 0 Å². The molecule has 0 amide bonds. The predicted molar refractivity (Wildman–Crippen MR) is 67.4 cm³/mol. The van der Waals surface area contributed by atoms with Crippen molar-refractivity contribution in [2.75, 3.05) is 25.9 Å². The first-order chi connectivity index (χ1) is 8.79. The summed E-state index contributed by atoms with van der Waals surface area (Å²) in [5.74, 6) is 0.643. The van der Waals surface area contributed by atoms with Gasteiger partial charge in [-0.2, -0.15) is 9.97 Å². The molecule has 3 rings (SSSR count). The summed E-state index contributed by atoms with van der Waals surface area (Å²) in [7, 11) is 1.56. The number of hydrogen-bond acceptors (Lipinski definition) is 6. The molecule has 0 spiro atoms. The third kappa shape index (κ3) is 1.76. The molecule has 0 unspecified atom stereocenters. The highest BCUT2D eigenvalue weighted by molar-refractivity contribution is 5.77. The summed E-state index contributed by atoms with van der Waals surface area (Å²) < 4.78 is 7.24. The number of piperidine rings is 1. The molecule has 1 aliphatic heterocycles. The zero-order chi connectivity index (χ0) is 12.5. The number of hydrogen-bond donors (Lipinski definition) is 2. The van der Waals surface area contributed by atoms with Crippen LogP contribution in [0.2, 0.25) is 0 Å². The molecule has 3 N–H and O–H groups in total. The molecule has 0 saturated carbocycles. The number of nitrogen functional groups attached to an aromatic ring is 1. The fourth-order valence-electron chi connectivity index (χ4n) is 2.39. The third-order valence-corrected chi connectivity index (χ3v) is 3.26. The Morgan fingerprint density at radius 2 is 2.39 bits per heavy atom. The van der Waals surface area contributed by atoms with Gasteiger partial charge >= 0.3 is 0 Å². The lowest BCUT2D eigenvalue weighted by molar-refractivity contribution is 0.376. The van der Waals surface area contributed by atoms with E-state index in [2.05, 4.69) is 24.8 Å². The molecule has 1 fully saturated rings. The van der Waals surface area contributed by atoms with Gasteiger partial charge in [-0.1, -0.05) is 0 Å². The monoisotopic (exact) mass is 248 g/mol. The van der Waals surface area contributed by atoms with E-state index in [4.69, 9.17) is 10.5 Å². The summed E-state index contributed by atoms with van der Waals surface area (Å²) in [6.07, 6.45) is 4.06. The molecule has 0 aliphatic carbocycles. The zero-order valence-electron chi connectivity index (χ0n) is 10.3. The first-order valence-electron chi connectivity index (χ1n) is 6.04. The molecule has 2 aromatic heterocycles. The summed E-state index contributed by atoms with van der Waals surface area (Å²) in [5, 5.41) is 3.38. The van der Waals surface area contributed by atoms with Crippen molar-refractivity contribution in [1.82, 2.24) is 24.8 Å². The highest BCUT2D eigenvalue weighted by Crippen LogP contribution is 2.26. The minimum absolute atomic E-state index is 0.213. The Balaban J connectivity index is 2.10. The van der Waals surface area contributed by atoms with Crippen LogP contribution in [0.4, 0.5) is 5.95 Å². The van der Waals surface area contributed by atoms with Crippen molar-refractivity contribution in [2.24, 2.45) is 0 Å². The minimum Gasteiger partial charge on any atom is -0.479 e. The van der Waals surface area contributed by atoms with Crippen LogP contribution >= 0.6 is 0 Å². The molecule has 7 nitrogen and oxygen atoms in total. The van der Waals surface area contributed by atoms with E-state index in [1.54, 1.807) is 13.4 Å². The minimum atomic E-state index is 0.213. The second-order valence-electron chi connectivity index (χ2n) is 4.42. The summed E-state index contributed by atoms with van der Waals surface area (Å²) >= 11 is 0. The average molecular weight is 248 g/mol. The van der Waals surface area contributed by atoms with E-state index in [9.17, 15) is 0 Å². The Morgan fingerprint density at radius 1 is 1.50 bits per heavy atom. The maximum atomic E-state index is 5.70. The standard InChI is InChI=1S/C11H16N6O/c1-18-10-8-9(15-11(12)16-10)17(6-14-8)7-3-2-4-13-5-7/h6-7,13H,2-5H2,1H3,(H2,12,15,16)/t7-/m1/s1. The zero-order valence-corrected chi connectivity index (χ0v) is 10.3. The average Bonchev–Trinajstić information content (AvgIpc) is 2.82. The first kappa shape index (κ1) is 11.2. The van der Waals surface area contributed by atoms with E-state index in [0.717, 1.165) is 31.6 Å². The van der Waals surface area contributed by atoms with Crippen molar-refractivity contribution in [3.8, 4) is 5.88 Å². The molecule has 0 radical (unpaired) electrons. The smallest absolute Gasteiger partial charge is 0.246 e. The molecule has 96 valence electrons. The topological polar surface area (TPSA) is 90.9 Å². The van der Waals surface area contributed by atoms with Gasteiger partial charge in [0, 0.05) is 12.6 Å². The second kappa shape index (κ2) is 4.41. The maximum Gasteiger partial charge on any atom is 0.246 e. The number of rotatable bonds is 2. The Hall–Kier alpha value is -1.89. The van der Waals surface area contributed by atoms with Crippen LogP contribution in [0.5, 0.6) is 5.88 Å². The van der Waals surface area contributed by atoms with Crippen molar-refractivity contribution >= 4 is 17.1 Å². The molecular formula is C11H16N6O. The lowest BCUT2D eigenvalue weighted by atomic mass is 10.1. The summed E-state index contributed by atoms with van der Waals surface area (Å²) in [4.78, 5) is 12.6. The van der Waals surface area contributed by atoms with E-state index in [1.165, 1.54) is 0 Å². The highest BCUT2D eigenvalue weighted by atomic mass is 16.5. The van der Waals surface area contributed by atoms with Gasteiger partial charge in [0.15, 0.2) is 11.2 Å². The number of methoxy groups -OCH3 is 1. The highest BCUT2D eigenvalue weighted by Gasteiger charge is 2.20. The van der Waals surface area contributed by atoms with E-state index < -0.39 is 0 Å². The molecule has 3 heterocycles. The van der Waals surface area contributed by atoms with Gasteiger partial charge in [0.2, 0.25) is 11.8 Å². The molecular weight excluding hydrogens is 232 g/mol. The molecule has 18 heavy (non-hydrogen) atoms.